The van der Waals surface area contributed by atoms with Crippen LogP contribution in [-0.2, 0) is 18.9 Å². The van der Waals surface area contributed by atoms with Crippen LogP contribution in [0.4, 0.5) is 17.2 Å². The van der Waals surface area contributed by atoms with Gasteiger partial charge < -0.3 is 39.8 Å². The molecule has 4 N–H and O–H groups in total. The minimum atomic E-state index is -0.645. The van der Waals surface area contributed by atoms with Gasteiger partial charge in [-0.25, -0.2) is 4.98 Å². The van der Waals surface area contributed by atoms with Crippen molar-refractivity contribution in [2.75, 3.05) is 30.3 Å². The van der Waals surface area contributed by atoms with Gasteiger partial charge in [0.1, 0.15) is 11.4 Å². The molecule has 4 amide bonds. The summed E-state index contributed by atoms with van der Waals surface area (Å²) in [5.74, 6) is -0.103. The maximum atomic E-state index is 13.1. The minimum Gasteiger partial charge on any atom is -0.493 e. The minimum absolute atomic E-state index is 0.0653. The summed E-state index contributed by atoms with van der Waals surface area (Å²) in [6.07, 6.45) is 5.86. The molecule has 1 saturated heterocycles. The molecule has 2 aliphatic heterocycles. The van der Waals surface area contributed by atoms with E-state index in [0.29, 0.717) is 47.8 Å². The first kappa shape index (κ1) is 35.8. The number of fused-ring (bicyclic) bond motifs is 2. The SMILES string of the molecule is C=C1C[C@H]2C=Nc3cc(OCCCC(=O)Nc4cn(C)c(C(=O)Nc5ccc(-c6cc(C(=O)NC[C@H](C)O)n(C)c6)cc5)n4)c(C)cc3C(=O)N2C1. The van der Waals surface area contributed by atoms with Gasteiger partial charge >= 0.3 is 0 Å². The largest absolute Gasteiger partial charge is 0.493 e. The lowest BCUT2D eigenvalue weighted by Gasteiger charge is -2.20. The number of aryl methyl sites for hydroxylation is 3. The van der Waals surface area contributed by atoms with Crippen molar-refractivity contribution < 1.29 is 29.0 Å². The molecule has 270 valence electrons. The Morgan fingerprint density at radius 3 is 2.56 bits per heavy atom. The van der Waals surface area contributed by atoms with E-state index in [1.54, 1.807) is 73.2 Å². The van der Waals surface area contributed by atoms with Gasteiger partial charge in [0, 0.05) is 69.5 Å². The number of nitrogens with zero attached hydrogens (tertiary/aromatic N) is 5. The van der Waals surface area contributed by atoms with Crippen molar-refractivity contribution in [3.8, 4) is 16.9 Å². The molecular weight excluding hydrogens is 664 g/mol. The van der Waals surface area contributed by atoms with Crippen LogP contribution in [0.15, 0.2) is 72.0 Å². The number of imidazole rings is 1. The number of benzene rings is 2. The highest BCUT2D eigenvalue weighted by atomic mass is 16.5. The summed E-state index contributed by atoms with van der Waals surface area (Å²) in [5, 5.41) is 17.7. The number of hydrogen-bond donors (Lipinski definition) is 4. The standard InChI is InChI=1S/C38H42N8O6/c1-22-13-28-18-39-30-16-32(23(2)14-29(30)38(51)46(28)19-22)52-12-6-7-34(48)42-33-21-45(5)35(43-33)37(50)41-27-10-8-25(9-11-27)26-15-31(44(4)20-26)36(49)40-17-24(3)47/h8-11,14-16,18,20-21,24,28,47H,1,6-7,12-13,17,19H2,2-5H3,(H,40,49)(H,41,50)(H,42,48)/t24-,28-/m0/s1. The molecule has 0 aliphatic carbocycles. The van der Waals surface area contributed by atoms with Crippen molar-refractivity contribution >= 4 is 47.0 Å². The molecule has 0 unspecified atom stereocenters. The molecule has 2 atom stereocenters. The topological polar surface area (TPSA) is 172 Å². The molecule has 6 rings (SSSR count). The van der Waals surface area contributed by atoms with Crippen LogP contribution in [0.2, 0.25) is 0 Å². The summed E-state index contributed by atoms with van der Waals surface area (Å²) in [5.41, 5.74) is 5.59. The molecule has 0 spiro atoms. The van der Waals surface area contributed by atoms with Crippen LogP contribution in [0, 0.1) is 6.92 Å². The van der Waals surface area contributed by atoms with Gasteiger partial charge in [-0.1, -0.05) is 24.3 Å². The van der Waals surface area contributed by atoms with E-state index in [2.05, 4.69) is 32.5 Å². The number of aromatic nitrogens is 3. The van der Waals surface area contributed by atoms with Crippen molar-refractivity contribution in [2.45, 2.75) is 45.3 Å². The Labute approximate surface area is 301 Å². The molecular formula is C38H42N8O6. The number of amides is 4. The van der Waals surface area contributed by atoms with Crippen LogP contribution in [0.5, 0.6) is 5.75 Å². The molecule has 4 heterocycles. The predicted molar refractivity (Wildman–Crippen MR) is 197 cm³/mol. The van der Waals surface area contributed by atoms with Crippen LogP contribution in [0.1, 0.15) is 63.2 Å². The zero-order valence-electron chi connectivity index (χ0n) is 29.6. The quantitative estimate of drug-likeness (QED) is 0.125. The Kier molecular flexibility index (Phi) is 10.4. The van der Waals surface area contributed by atoms with Crippen molar-refractivity contribution in [1.82, 2.24) is 24.3 Å². The van der Waals surface area contributed by atoms with Crippen LogP contribution in [-0.4, -0.2) is 85.8 Å². The molecule has 1 fully saturated rings. The van der Waals surface area contributed by atoms with Crippen LogP contribution in [0.25, 0.3) is 11.1 Å². The first-order chi connectivity index (χ1) is 24.9. The predicted octanol–water partition coefficient (Wildman–Crippen LogP) is 4.38. The number of aliphatic hydroxyl groups excluding tert-OH is 1. The molecule has 2 aromatic heterocycles. The average Bonchev–Trinajstić information content (AvgIpc) is 3.78. The van der Waals surface area contributed by atoms with Gasteiger partial charge in [-0.15, -0.1) is 0 Å². The third-order valence-electron chi connectivity index (χ3n) is 8.89. The summed E-state index contributed by atoms with van der Waals surface area (Å²) in [6.45, 7) is 8.46. The average molecular weight is 707 g/mol. The van der Waals surface area contributed by atoms with Crippen LogP contribution >= 0.6 is 0 Å². The first-order valence-electron chi connectivity index (χ1n) is 17.0. The number of ether oxygens (including phenoxy) is 1. The number of carbonyl (C=O) groups excluding carboxylic acids is 4. The second kappa shape index (κ2) is 15.1. The number of aliphatic imine (C=N–C) groups is 1. The van der Waals surface area contributed by atoms with Gasteiger partial charge in [0.05, 0.1) is 30.0 Å². The molecule has 2 aliphatic rings. The van der Waals surface area contributed by atoms with Gasteiger partial charge in [0.2, 0.25) is 11.7 Å². The lowest BCUT2D eigenvalue weighted by Crippen LogP contribution is -2.35. The van der Waals surface area contributed by atoms with E-state index >= 15 is 0 Å². The third-order valence-corrected chi connectivity index (χ3v) is 8.89. The normalized spacial score (nSPS) is 15.5. The number of rotatable bonds is 12. The fourth-order valence-corrected chi connectivity index (χ4v) is 6.19. The van der Waals surface area contributed by atoms with E-state index in [1.807, 2.05) is 25.3 Å². The summed E-state index contributed by atoms with van der Waals surface area (Å²) in [4.78, 5) is 62.1. The maximum absolute atomic E-state index is 13.1. The first-order valence-corrected chi connectivity index (χ1v) is 17.0. The molecule has 2 aromatic carbocycles. The Morgan fingerprint density at radius 2 is 1.81 bits per heavy atom. The Hall–Kier alpha value is -6.02. The Bertz CT molecular complexity index is 2080. The van der Waals surface area contributed by atoms with E-state index in [1.165, 1.54) is 4.57 Å². The van der Waals surface area contributed by atoms with Crippen LogP contribution < -0.4 is 20.7 Å². The summed E-state index contributed by atoms with van der Waals surface area (Å²) < 4.78 is 9.22. The zero-order chi connectivity index (χ0) is 37.1. The van der Waals surface area contributed by atoms with Gasteiger partial charge in [0.15, 0.2) is 5.82 Å². The lowest BCUT2D eigenvalue weighted by atomic mass is 10.1. The number of nitrogens with one attached hydrogen (secondary N) is 3. The fraction of sp³-hybridized carbons (Fsp3) is 0.316. The van der Waals surface area contributed by atoms with Gasteiger partial charge in [0.25, 0.3) is 17.7 Å². The van der Waals surface area contributed by atoms with E-state index in [4.69, 9.17) is 4.74 Å². The lowest BCUT2D eigenvalue weighted by molar-refractivity contribution is -0.116. The number of carbonyl (C=O) groups is 4. The highest BCUT2D eigenvalue weighted by Gasteiger charge is 2.33. The highest BCUT2D eigenvalue weighted by Crippen LogP contribution is 2.35. The highest BCUT2D eigenvalue weighted by molar-refractivity contribution is 6.04. The molecule has 0 bridgehead atoms. The van der Waals surface area contributed by atoms with Crippen molar-refractivity contribution in [1.29, 1.82) is 0 Å². The fourth-order valence-electron chi connectivity index (χ4n) is 6.19. The molecule has 0 saturated carbocycles. The monoisotopic (exact) mass is 706 g/mol. The second-order valence-electron chi connectivity index (χ2n) is 13.2. The number of aliphatic hydroxyl groups is 1. The smallest absolute Gasteiger partial charge is 0.291 e. The van der Waals surface area contributed by atoms with Crippen molar-refractivity contribution in [2.24, 2.45) is 19.1 Å². The number of hydrogen-bond acceptors (Lipinski definition) is 8. The van der Waals surface area contributed by atoms with Crippen molar-refractivity contribution in [3.63, 3.8) is 0 Å². The summed E-state index contributed by atoms with van der Waals surface area (Å²) in [7, 11) is 3.44. The zero-order valence-corrected chi connectivity index (χ0v) is 29.6. The molecule has 14 heteroatoms. The van der Waals surface area contributed by atoms with Crippen LogP contribution in [0.3, 0.4) is 0 Å². The summed E-state index contributed by atoms with van der Waals surface area (Å²) in [6, 6.07) is 12.4. The summed E-state index contributed by atoms with van der Waals surface area (Å²) >= 11 is 0. The van der Waals surface area contributed by atoms with E-state index < -0.39 is 12.0 Å². The van der Waals surface area contributed by atoms with E-state index in [-0.39, 0.29) is 55.0 Å². The second-order valence-corrected chi connectivity index (χ2v) is 13.2. The maximum Gasteiger partial charge on any atom is 0.291 e. The van der Waals surface area contributed by atoms with Gasteiger partial charge in [-0.3, -0.25) is 24.2 Å². The third kappa shape index (κ3) is 7.97. The van der Waals surface area contributed by atoms with Gasteiger partial charge in [-0.2, -0.15) is 0 Å². The van der Waals surface area contributed by atoms with E-state index in [9.17, 15) is 24.3 Å². The van der Waals surface area contributed by atoms with Crippen molar-refractivity contribution in [3.05, 3.63) is 89.7 Å². The Balaban J connectivity index is 0.983. The molecule has 52 heavy (non-hydrogen) atoms. The van der Waals surface area contributed by atoms with E-state index in [0.717, 1.165) is 22.3 Å². The molecule has 4 aromatic rings. The Morgan fingerprint density at radius 1 is 1.04 bits per heavy atom. The molecule has 14 nitrogen and oxygen atoms in total. The van der Waals surface area contributed by atoms with Gasteiger partial charge in [-0.05, 0) is 62.1 Å². The number of anilines is 2. The molecule has 0 radical (unpaired) electrons.